The van der Waals surface area contributed by atoms with E-state index < -0.39 is 29.9 Å². The first-order valence-corrected chi connectivity index (χ1v) is 18.3. The second-order valence-corrected chi connectivity index (χ2v) is 12.7. The largest absolute Gasteiger partial charge is 0.370 e. The number of carbonyl (C=O) groups excluding carboxylic acids is 4. The molecule has 14 heteroatoms. The van der Waals surface area contributed by atoms with Crippen LogP contribution in [0, 0.1) is 0 Å². The summed E-state index contributed by atoms with van der Waals surface area (Å²) < 4.78 is 0. The monoisotopic (exact) mass is 681 g/mol. The van der Waals surface area contributed by atoms with Crippen LogP contribution in [0.3, 0.4) is 0 Å². The summed E-state index contributed by atoms with van der Waals surface area (Å²) in [5.41, 5.74) is 33.4. The van der Waals surface area contributed by atoms with Crippen LogP contribution in [0.25, 0.3) is 0 Å². The Morgan fingerprint density at radius 2 is 1.02 bits per heavy atom. The van der Waals surface area contributed by atoms with Gasteiger partial charge in [0.15, 0.2) is 17.7 Å². The average molecular weight is 681 g/mol. The Kier molecular flexibility index (Phi) is 28.9. The van der Waals surface area contributed by atoms with Gasteiger partial charge in [-0.15, -0.1) is 0 Å². The molecule has 0 unspecified atom stereocenters. The summed E-state index contributed by atoms with van der Waals surface area (Å²) in [4.78, 5) is 57.9. The van der Waals surface area contributed by atoms with Gasteiger partial charge in [0.25, 0.3) is 0 Å². The van der Waals surface area contributed by atoms with Crippen LogP contribution in [0.15, 0.2) is 9.98 Å². The van der Waals surface area contributed by atoms with Gasteiger partial charge in [-0.2, -0.15) is 0 Å². The van der Waals surface area contributed by atoms with E-state index in [1.54, 1.807) is 0 Å². The van der Waals surface area contributed by atoms with E-state index >= 15 is 0 Å². The fourth-order valence-corrected chi connectivity index (χ4v) is 5.43. The predicted octanol–water partition coefficient (Wildman–Crippen LogP) is 2.14. The maximum Gasteiger partial charge on any atom is 0.243 e. The molecule has 0 saturated carbocycles. The third-order valence-corrected chi connectivity index (χ3v) is 8.28. The number of guanidine groups is 2. The molecule has 278 valence electrons. The lowest BCUT2D eigenvalue weighted by Crippen LogP contribution is -2.54. The summed E-state index contributed by atoms with van der Waals surface area (Å²) in [5.74, 6) is -1.04. The molecule has 0 aromatic carbocycles. The smallest absolute Gasteiger partial charge is 0.243 e. The van der Waals surface area contributed by atoms with Crippen LogP contribution in [0.5, 0.6) is 0 Å². The van der Waals surface area contributed by atoms with Gasteiger partial charge in [0.05, 0.1) is 12.1 Å². The molecule has 0 aliphatic heterocycles. The second-order valence-electron chi connectivity index (χ2n) is 12.7. The van der Waals surface area contributed by atoms with Crippen molar-refractivity contribution in [2.24, 2.45) is 44.4 Å². The Morgan fingerprint density at radius 1 is 0.562 bits per heavy atom. The molecule has 0 spiro atoms. The third-order valence-electron chi connectivity index (χ3n) is 8.28. The zero-order chi connectivity index (χ0) is 35.8. The van der Waals surface area contributed by atoms with Crippen molar-refractivity contribution in [3.05, 3.63) is 0 Å². The topological polar surface area (TPSA) is 273 Å². The minimum absolute atomic E-state index is 0.0318. The number of rotatable bonds is 33. The average Bonchev–Trinajstić information content (AvgIpc) is 3.05. The van der Waals surface area contributed by atoms with Crippen LogP contribution in [-0.4, -0.2) is 73.6 Å². The molecule has 14 N–H and O–H groups in total. The van der Waals surface area contributed by atoms with Crippen molar-refractivity contribution in [1.29, 1.82) is 0 Å². The highest BCUT2D eigenvalue weighted by atomic mass is 16.2. The Labute approximate surface area is 288 Å². The Bertz CT molecular complexity index is 924. The van der Waals surface area contributed by atoms with E-state index in [2.05, 4.69) is 20.6 Å². The number of nitrogens with zero attached hydrogens (tertiary/aromatic N) is 2. The predicted molar refractivity (Wildman–Crippen MR) is 195 cm³/mol. The molecular formula is C34H68N10O4. The molecule has 0 aliphatic rings. The van der Waals surface area contributed by atoms with Crippen molar-refractivity contribution in [2.75, 3.05) is 19.6 Å². The molecule has 0 fully saturated rings. The summed E-state index contributed by atoms with van der Waals surface area (Å²) in [6.07, 6.45) is 20.3. The standard InChI is InChI=1S/C34H68N10O4/c35-23-15-14-19-27(36)31(47)44-29(21-18-25-42-34(39)40)32(48)43-28(20-17-24-41-33(37)38)30(46)22-13-11-9-7-5-3-1-2-4-6-8-10-12-16-26-45/h26-29H,1-25,35-36H2,(H,43,48)(H,44,47)(H4,37,38,41)(H4,39,40,42)/t27-,28-,29-/m0/s1. The van der Waals surface area contributed by atoms with Gasteiger partial charge in [-0.1, -0.05) is 77.0 Å². The van der Waals surface area contributed by atoms with Gasteiger partial charge in [0, 0.05) is 25.9 Å². The quantitative estimate of drug-likeness (QED) is 0.0216. The Morgan fingerprint density at radius 3 is 1.50 bits per heavy atom. The number of nitrogens with one attached hydrogen (secondary N) is 2. The van der Waals surface area contributed by atoms with E-state index in [-0.39, 0.29) is 30.7 Å². The zero-order valence-electron chi connectivity index (χ0n) is 29.5. The lowest BCUT2D eigenvalue weighted by Gasteiger charge is -2.24. The van der Waals surface area contributed by atoms with Crippen LogP contribution in [0.1, 0.15) is 141 Å². The second kappa shape index (κ2) is 31.0. The third kappa shape index (κ3) is 26.8. The molecule has 0 saturated heterocycles. The van der Waals surface area contributed by atoms with Gasteiger partial charge in [0.2, 0.25) is 11.8 Å². The van der Waals surface area contributed by atoms with E-state index in [0.29, 0.717) is 58.0 Å². The van der Waals surface area contributed by atoms with Gasteiger partial charge in [-0.3, -0.25) is 24.4 Å². The Balaban J connectivity index is 4.90. The lowest BCUT2D eigenvalue weighted by atomic mass is 9.99. The first-order valence-electron chi connectivity index (χ1n) is 18.3. The van der Waals surface area contributed by atoms with E-state index in [1.807, 2.05) is 0 Å². The normalized spacial score (nSPS) is 12.8. The molecule has 0 heterocycles. The molecule has 0 radical (unpaired) electrons. The summed E-state index contributed by atoms with van der Waals surface area (Å²) in [7, 11) is 0. The van der Waals surface area contributed by atoms with Crippen molar-refractivity contribution < 1.29 is 19.2 Å². The summed E-state index contributed by atoms with van der Waals surface area (Å²) >= 11 is 0. The van der Waals surface area contributed by atoms with E-state index in [4.69, 9.17) is 34.4 Å². The Hall–Kier alpha value is -3.26. The van der Waals surface area contributed by atoms with Crippen molar-refractivity contribution in [3.8, 4) is 0 Å². The first-order chi connectivity index (χ1) is 23.1. The number of hydrogen-bond acceptors (Lipinski definition) is 8. The minimum atomic E-state index is -0.909. The van der Waals surface area contributed by atoms with Gasteiger partial charge in [-0.05, 0) is 57.9 Å². The number of Topliss-reactive ketones (excluding diaryl/α,β-unsaturated/α-hetero) is 1. The molecule has 0 rings (SSSR count). The van der Waals surface area contributed by atoms with Crippen LogP contribution in [-0.2, 0) is 19.2 Å². The molecule has 0 aromatic heterocycles. The summed E-state index contributed by atoms with van der Waals surface area (Å²) in [5, 5.41) is 5.65. The summed E-state index contributed by atoms with van der Waals surface area (Å²) in [6.45, 7) is 1.13. The van der Waals surface area contributed by atoms with E-state index in [0.717, 1.165) is 51.2 Å². The number of nitrogens with two attached hydrogens (primary N) is 6. The first kappa shape index (κ1) is 44.7. The highest BCUT2D eigenvalue weighted by Crippen LogP contribution is 2.14. The van der Waals surface area contributed by atoms with E-state index in [1.165, 1.54) is 44.9 Å². The molecule has 3 atom stereocenters. The highest BCUT2D eigenvalue weighted by molar-refractivity contribution is 5.93. The molecule has 2 amide bonds. The van der Waals surface area contributed by atoms with Gasteiger partial charge < -0.3 is 49.8 Å². The molecule has 48 heavy (non-hydrogen) atoms. The van der Waals surface area contributed by atoms with Crippen LogP contribution in [0.2, 0.25) is 0 Å². The molecule has 0 aliphatic carbocycles. The van der Waals surface area contributed by atoms with Crippen LogP contribution >= 0.6 is 0 Å². The zero-order valence-corrected chi connectivity index (χ0v) is 29.5. The highest BCUT2D eigenvalue weighted by Gasteiger charge is 2.27. The molecule has 0 aromatic rings. The fourth-order valence-electron chi connectivity index (χ4n) is 5.43. The van der Waals surface area contributed by atoms with Crippen LogP contribution < -0.4 is 45.0 Å². The maximum absolute atomic E-state index is 13.5. The van der Waals surface area contributed by atoms with Gasteiger partial charge in [-0.25, -0.2) is 0 Å². The number of carbonyl (C=O) groups is 4. The molecule has 0 bridgehead atoms. The van der Waals surface area contributed by atoms with Crippen molar-refractivity contribution in [1.82, 2.24) is 10.6 Å². The molecule has 14 nitrogen and oxygen atoms in total. The lowest BCUT2D eigenvalue weighted by molar-refractivity contribution is -0.132. The van der Waals surface area contributed by atoms with Crippen molar-refractivity contribution >= 4 is 35.8 Å². The number of ketones is 1. The number of amides is 2. The SMILES string of the molecule is NCCCC[C@H](N)C(=O)N[C@@H](CCCN=C(N)N)C(=O)N[C@@H](CCCN=C(N)N)C(=O)CCCCCCCCCCCCCCCC=O. The van der Waals surface area contributed by atoms with Gasteiger partial charge >= 0.3 is 0 Å². The summed E-state index contributed by atoms with van der Waals surface area (Å²) in [6, 6.07) is -2.42. The number of unbranched alkanes of at least 4 members (excludes halogenated alkanes) is 14. The number of aldehydes is 1. The maximum atomic E-state index is 13.5. The van der Waals surface area contributed by atoms with Crippen molar-refractivity contribution in [3.63, 3.8) is 0 Å². The number of aliphatic imine (C=N–C) groups is 2. The van der Waals surface area contributed by atoms with Crippen LogP contribution in [0.4, 0.5) is 0 Å². The van der Waals surface area contributed by atoms with Gasteiger partial charge in [0.1, 0.15) is 12.3 Å². The number of hydrogen-bond donors (Lipinski definition) is 8. The molecular weight excluding hydrogens is 612 g/mol. The van der Waals surface area contributed by atoms with E-state index in [9.17, 15) is 19.2 Å². The fraction of sp³-hybridized carbons (Fsp3) is 0.824. The minimum Gasteiger partial charge on any atom is -0.370 e. The van der Waals surface area contributed by atoms with Crippen molar-refractivity contribution in [2.45, 2.75) is 159 Å².